The molecule has 100 valence electrons. The van der Waals surface area contributed by atoms with Gasteiger partial charge in [-0.15, -0.1) is 0 Å². The zero-order valence-electron chi connectivity index (χ0n) is 11.5. The first kappa shape index (κ1) is 14.9. The molecule has 0 aliphatic heterocycles. The Hall–Kier alpha value is -1.19. The summed E-state index contributed by atoms with van der Waals surface area (Å²) in [6.07, 6.45) is 0. The third kappa shape index (κ3) is 2.98. The van der Waals surface area contributed by atoms with Crippen LogP contribution in [0.25, 0.3) is 0 Å². The van der Waals surface area contributed by atoms with Crippen molar-refractivity contribution in [1.82, 2.24) is 0 Å². The summed E-state index contributed by atoms with van der Waals surface area (Å²) in [5.74, 6) is -0.229. The molecule has 0 heterocycles. The fraction of sp³-hybridized carbons (Fsp3) is 0.533. The van der Waals surface area contributed by atoms with Crippen LogP contribution in [-0.2, 0) is 5.41 Å². The van der Waals surface area contributed by atoms with E-state index in [-0.39, 0.29) is 24.4 Å². The molecule has 0 fully saturated rings. The molecule has 1 aromatic carbocycles. The highest BCUT2D eigenvalue weighted by atomic mass is 16.3. The summed E-state index contributed by atoms with van der Waals surface area (Å²) in [5, 5.41) is 18.4. The van der Waals surface area contributed by atoms with Crippen LogP contribution >= 0.6 is 0 Å². The number of rotatable bonds is 4. The minimum absolute atomic E-state index is 0.0405. The molecule has 0 spiro atoms. The van der Waals surface area contributed by atoms with E-state index in [0.717, 1.165) is 5.56 Å². The molecule has 0 bridgehead atoms. The maximum atomic E-state index is 12.2. The van der Waals surface area contributed by atoms with E-state index < -0.39 is 5.41 Å². The first-order valence-corrected chi connectivity index (χ1v) is 6.12. The number of hydrogen-bond acceptors (Lipinski definition) is 3. The number of carbonyl (C=O) groups excluding carboxylic acids is 1. The zero-order chi connectivity index (χ0) is 14.0. The fourth-order valence-electron chi connectivity index (χ4n) is 1.66. The monoisotopic (exact) mass is 250 g/mol. The van der Waals surface area contributed by atoms with Gasteiger partial charge in [0.25, 0.3) is 0 Å². The van der Waals surface area contributed by atoms with Crippen molar-refractivity contribution in [3.05, 3.63) is 35.4 Å². The van der Waals surface area contributed by atoms with Crippen LogP contribution in [0.1, 0.15) is 43.6 Å². The van der Waals surface area contributed by atoms with Gasteiger partial charge in [-0.25, -0.2) is 0 Å². The Kier molecular flexibility index (Phi) is 4.30. The molecular formula is C15H22O3. The van der Waals surface area contributed by atoms with Gasteiger partial charge in [0.1, 0.15) is 0 Å². The molecule has 0 aliphatic carbocycles. The molecule has 2 N–H and O–H groups in total. The number of aliphatic hydroxyl groups is 2. The van der Waals surface area contributed by atoms with Crippen molar-refractivity contribution in [3.8, 4) is 0 Å². The maximum Gasteiger partial charge on any atom is 0.173 e. The predicted octanol–water partition coefficient (Wildman–Crippen LogP) is 2.16. The van der Waals surface area contributed by atoms with Crippen molar-refractivity contribution < 1.29 is 15.0 Å². The lowest BCUT2D eigenvalue weighted by atomic mass is 9.82. The molecule has 0 unspecified atom stereocenters. The molecule has 0 amide bonds. The number of hydrogen-bond donors (Lipinski definition) is 2. The molecule has 0 aliphatic rings. The lowest BCUT2D eigenvalue weighted by molar-refractivity contribution is 0.0482. The molecule has 3 heteroatoms. The summed E-state index contributed by atoms with van der Waals surface area (Å²) in [6, 6.07) is 7.35. The van der Waals surface area contributed by atoms with E-state index in [1.165, 1.54) is 0 Å². The number of aliphatic hydroxyl groups excluding tert-OH is 2. The standard InChI is InChI=1S/C15H22O3/c1-14(2,3)12-7-5-11(6-8-12)13(18)15(4,9-16)10-17/h5-8,16-17H,9-10H2,1-4H3. The highest BCUT2D eigenvalue weighted by molar-refractivity contribution is 6.00. The van der Waals surface area contributed by atoms with Crippen molar-refractivity contribution in [2.45, 2.75) is 33.1 Å². The molecule has 3 nitrogen and oxygen atoms in total. The smallest absolute Gasteiger partial charge is 0.173 e. The van der Waals surface area contributed by atoms with Crippen molar-refractivity contribution in [3.63, 3.8) is 0 Å². The van der Waals surface area contributed by atoms with Crippen LogP contribution in [-0.4, -0.2) is 29.2 Å². The number of ketones is 1. The predicted molar refractivity (Wildman–Crippen MR) is 71.8 cm³/mol. The van der Waals surface area contributed by atoms with E-state index in [4.69, 9.17) is 0 Å². The van der Waals surface area contributed by atoms with Gasteiger partial charge in [-0.05, 0) is 17.9 Å². The fourth-order valence-corrected chi connectivity index (χ4v) is 1.66. The minimum Gasteiger partial charge on any atom is -0.395 e. The summed E-state index contributed by atoms with van der Waals surface area (Å²) in [7, 11) is 0. The minimum atomic E-state index is -1.11. The Labute approximate surface area is 108 Å². The molecule has 1 rings (SSSR count). The first-order chi connectivity index (χ1) is 8.24. The Morgan fingerprint density at radius 2 is 1.44 bits per heavy atom. The van der Waals surface area contributed by atoms with E-state index in [2.05, 4.69) is 20.8 Å². The zero-order valence-corrected chi connectivity index (χ0v) is 11.5. The second-order valence-corrected chi connectivity index (χ2v) is 6.03. The highest BCUT2D eigenvalue weighted by Gasteiger charge is 2.32. The van der Waals surface area contributed by atoms with E-state index in [1.807, 2.05) is 12.1 Å². The molecule has 18 heavy (non-hydrogen) atoms. The number of benzene rings is 1. The van der Waals surface area contributed by atoms with Gasteiger partial charge in [0, 0.05) is 5.56 Å². The molecular weight excluding hydrogens is 228 g/mol. The van der Waals surface area contributed by atoms with E-state index in [9.17, 15) is 15.0 Å². The van der Waals surface area contributed by atoms with Crippen molar-refractivity contribution in [2.75, 3.05) is 13.2 Å². The van der Waals surface area contributed by atoms with Gasteiger partial charge in [-0.2, -0.15) is 0 Å². The van der Waals surface area contributed by atoms with Crippen molar-refractivity contribution in [1.29, 1.82) is 0 Å². The quantitative estimate of drug-likeness (QED) is 0.805. The van der Waals surface area contributed by atoms with Crippen LogP contribution in [0, 0.1) is 5.41 Å². The third-order valence-corrected chi connectivity index (χ3v) is 3.26. The van der Waals surface area contributed by atoms with Crippen LogP contribution in [0.3, 0.4) is 0 Å². The topological polar surface area (TPSA) is 57.5 Å². The van der Waals surface area contributed by atoms with Gasteiger partial charge in [-0.1, -0.05) is 45.0 Å². The number of Topliss-reactive ketones (excluding diaryl/α,β-unsaturated/α-hetero) is 1. The molecule has 0 atom stereocenters. The lowest BCUT2D eigenvalue weighted by Crippen LogP contribution is -2.35. The van der Waals surface area contributed by atoms with E-state index in [1.54, 1.807) is 19.1 Å². The second kappa shape index (κ2) is 5.21. The van der Waals surface area contributed by atoms with Crippen molar-refractivity contribution in [2.24, 2.45) is 5.41 Å². The van der Waals surface area contributed by atoms with E-state index in [0.29, 0.717) is 5.56 Å². The van der Waals surface area contributed by atoms with Gasteiger partial charge >= 0.3 is 0 Å². The summed E-state index contributed by atoms with van der Waals surface area (Å²) in [6.45, 7) is 7.17. The Morgan fingerprint density at radius 3 is 1.78 bits per heavy atom. The van der Waals surface area contributed by atoms with Gasteiger partial charge in [0.05, 0.1) is 18.6 Å². The van der Waals surface area contributed by atoms with Gasteiger partial charge in [0.15, 0.2) is 5.78 Å². The third-order valence-electron chi connectivity index (χ3n) is 3.26. The molecule has 1 aromatic rings. The summed E-state index contributed by atoms with van der Waals surface area (Å²) in [5.41, 5.74) is 0.601. The average Bonchev–Trinajstić information content (AvgIpc) is 2.36. The largest absolute Gasteiger partial charge is 0.395 e. The first-order valence-electron chi connectivity index (χ1n) is 6.12. The van der Waals surface area contributed by atoms with Crippen LogP contribution in [0.5, 0.6) is 0 Å². The van der Waals surface area contributed by atoms with Crippen molar-refractivity contribution >= 4 is 5.78 Å². The molecule has 0 aromatic heterocycles. The Bertz CT molecular complexity index is 408. The Balaban J connectivity index is 3.03. The van der Waals surface area contributed by atoms with Gasteiger partial charge < -0.3 is 10.2 Å². The SMILES string of the molecule is CC(CO)(CO)C(=O)c1ccc(C(C)(C)C)cc1. The average molecular weight is 250 g/mol. The van der Waals surface area contributed by atoms with Gasteiger partial charge in [-0.3, -0.25) is 4.79 Å². The molecule has 0 saturated carbocycles. The van der Waals surface area contributed by atoms with Crippen LogP contribution in [0.15, 0.2) is 24.3 Å². The normalized spacial score (nSPS) is 12.6. The summed E-state index contributed by atoms with van der Waals surface area (Å²) < 4.78 is 0. The van der Waals surface area contributed by atoms with Crippen LogP contribution in [0.4, 0.5) is 0 Å². The number of carbonyl (C=O) groups is 1. The maximum absolute atomic E-state index is 12.2. The van der Waals surface area contributed by atoms with Crippen LogP contribution in [0.2, 0.25) is 0 Å². The Morgan fingerprint density at radius 1 is 1.00 bits per heavy atom. The lowest BCUT2D eigenvalue weighted by Gasteiger charge is -2.24. The summed E-state index contributed by atoms with van der Waals surface area (Å²) >= 11 is 0. The van der Waals surface area contributed by atoms with E-state index >= 15 is 0 Å². The second-order valence-electron chi connectivity index (χ2n) is 6.03. The summed E-state index contributed by atoms with van der Waals surface area (Å²) in [4.78, 5) is 12.2. The highest BCUT2D eigenvalue weighted by Crippen LogP contribution is 2.25. The molecule has 0 radical (unpaired) electrons. The molecule has 0 saturated heterocycles. The van der Waals surface area contributed by atoms with Crippen LogP contribution < -0.4 is 0 Å². The van der Waals surface area contributed by atoms with Gasteiger partial charge in [0.2, 0.25) is 0 Å².